The van der Waals surface area contributed by atoms with Crippen molar-refractivity contribution in [1.82, 2.24) is 19.8 Å². The number of benzene rings is 2. The maximum atomic E-state index is 12.9. The van der Waals surface area contributed by atoms with E-state index in [9.17, 15) is 9.59 Å². The molecule has 1 aliphatic heterocycles. The normalized spacial score (nSPS) is 18.2. The van der Waals surface area contributed by atoms with E-state index in [-0.39, 0.29) is 24.1 Å². The first kappa shape index (κ1) is 20.5. The molecule has 2 N–H and O–H groups in total. The molecule has 2 aliphatic rings. The van der Waals surface area contributed by atoms with Crippen LogP contribution in [0.3, 0.4) is 0 Å². The van der Waals surface area contributed by atoms with E-state index in [1.807, 2.05) is 24.4 Å². The fraction of sp³-hybridized carbons (Fsp3) is 0.320. The summed E-state index contributed by atoms with van der Waals surface area (Å²) in [5.74, 6) is 0.434. The molecule has 1 aromatic heterocycles. The number of nitrogens with zero attached hydrogens (tertiary/aromatic N) is 3. The topological polar surface area (TPSA) is 87.5 Å². The molecule has 0 spiro atoms. The number of hydrogen-bond donors (Lipinski definition) is 2. The Morgan fingerprint density at radius 2 is 1.88 bits per heavy atom. The number of imidazole rings is 1. The van der Waals surface area contributed by atoms with Crippen molar-refractivity contribution in [1.29, 1.82) is 0 Å². The van der Waals surface area contributed by atoms with Crippen LogP contribution in [0.2, 0.25) is 0 Å². The van der Waals surface area contributed by atoms with Crippen LogP contribution in [0.15, 0.2) is 60.8 Å². The van der Waals surface area contributed by atoms with Crippen molar-refractivity contribution in [3.8, 4) is 0 Å². The Hall–Kier alpha value is -3.45. The molecule has 2 aromatic carbocycles. The number of aromatic nitrogens is 2. The van der Waals surface area contributed by atoms with E-state index >= 15 is 0 Å². The predicted octanol–water partition coefficient (Wildman–Crippen LogP) is 3.33. The minimum Gasteiger partial charge on any atom is -0.478 e. The van der Waals surface area contributed by atoms with Crippen LogP contribution < -0.4 is 5.32 Å². The van der Waals surface area contributed by atoms with E-state index in [0.29, 0.717) is 5.69 Å². The van der Waals surface area contributed by atoms with E-state index in [1.54, 1.807) is 18.2 Å². The quantitative estimate of drug-likeness (QED) is 0.600. The zero-order chi connectivity index (χ0) is 22.1. The highest BCUT2D eigenvalue weighted by atomic mass is 16.4. The second-order valence-electron chi connectivity index (χ2n) is 8.62. The van der Waals surface area contributed by atoms with Crippen LogP contribution in [-0.2, 0) is 13.1 Å². The van der Waals surface area contributed by atoms with Crippen LogP contribution in [0.5, 0.6) is 0 Å². The Morgan fingerprint density at radius 3 is 2.62 bits per heavy atom. The number of fused-ring (bicyclic) bond motifs is 1. The smallest absolute Gasteiger partial charge is 0.335 e. The summed E-state index contributed by atoms with van der Waals surface area (Å²) < 4.78 is 2.10. The lowest BCUT2D eigenvalue weighted by Gasteiger charge is -2.36. The molecule has 2 heterocycles. The Bertz CT molecular complexity index is 1140. The summed E-state index contributed by atoms with van der Waals surface area (Å²) in [6.07, 6.45) is 4.43. The zero-order valence-corrected chi connectivity index (χ0v) is 17.8. The lowest BCUT2D eigenvalue weighted by Crippen LogP contribution is -2.40. The Kier molecular flexibility index (Phi) is 5.49. The number of rotatable bonds is 7. The minimum absolute atomic E-state index is 0.0411. The summed E-state index contributed by atoms with van der Waals surface area (Å²) in [6, 6.07) is 17.0. The number of nitrogens with one attached hydrogen (secondary N) is 1. The molecule has 1 atom stereocenters. The van der Waals surface area contributed by atoms with Crippen molar-refractivity contribution in [3.63, 3.8) is 0 Å². The highest BCUT2D eigenvalue weighted by molar-refractivity contribution is 5.92. The summed E-state index contributed by atoms with van der Waals surface area (Å²) in [5, 5.41) is 12.0. The lowest BCUT2D eigenvalue weighted by molar-refractivity contribution is 0.0696. The average molecular weight is 431 g/mol. The summed E-state index contributed by atoms with van der Waals surface area (Å²) in [5.41, 5.74) is 2.52. The molecule has 164 valence electrons. The van der Waals surface area contributed by atoms with Gasteiger partial charge in [0.15, 0.2) is 0 Å². The standard InChI is InChI=1S/C25H26N4O3/c30-24(26-14-18-5-4-8-20(13-18)25(31)32)21-16-29-12-11-28(15-17-9-10-17)22(23(29)27-21)19-6-2-1-3-7-19/h1-8,13,16-17,22H,9-12,14-15H2,(H,26,30)(H,31,32). The van der Waals surface area contributed by atoms with Gasteiger partial charge in [-0.3, -0.25) is 9.69 Å². The molecule has 1 amide bonds. The summed E-state index contributed by atoms with van der Waals surface area (Å²) in [7, 11) is 0. The molecule has 1 unspecified atom stereocenters. The van der Waals surface area contributed by atoms with Crippen LogP contribution in [0.4, 0.5) is 0 Å². The van der Waals surface area contributed by atoms with Gasteiger partial charge >= 0.3 is 5.97 Å². The number of carbonyl (C=O) groups excluding carboxylic acids is 1. The number of carbonyl (C=O) groups is 2. The van der Waals surface area contributed by atoms with Gasteiger partial charge in [-0.25, -0.2) is 9.78 Å². The lowest BCUT2D eigenvalue weighted by atomic mass is 10.0. The molecule has 1 saturated carbocycles. The number of carboxylic acid groups (broad SMARTS) is 1. The van der Waals surface area contributed by atoms with Gasteiger partial charge in [-0.1, -0.05) is 42.5 Å². The first-order chi connectivity index (χ1) is 15.6. The van der Waals surface area contributed by atoms with E-state index < -0.39 is 5.97 Å². The number of amides is 1. The molecule has 5 rings (SSSR count). The van der Waals surface area contributed by atoms with Gasteiger partial charge in [0.05, 0.1) is 11.6 Å². The van der Waals surface area contributed by atoms with Crippen LogP contribution in [0.25, 0.3) is 0 Å². The molecule has 0 bridgehead atoms. The fourth-order valence-electron chi connectivity index (χ4n) is 4.38. The summed E-state index contributed by atoms with van der Waals surface area (Å²) in [4.78, 5) is 31.3. The third kappa shape index (κ3) is 4.29. The van der Waals surface area contributed by atoms with Gasteiger partial charge in [0.1, 0.15) is 11.5 Å². The second kappa shape index (κ2) is 8.59. The molecule has 0 saturated heterocycles. The van der Waals surface area contributed by atoms with Gasteiger partial charge in [0, 0.05) is 32.4 Å². The van der Waals surface area contributed by atoms with Crippen molar-refractivity contribution >= 4 is 11.9 Å². The van der Waals surface area contributed by atoms with Crippen LogP contribution in [-0.4, -0.2) is 44.5 Å². The van der Waals surface area contributed by atoms with Gasteiger partial charge in [0.25, 0.3) is 5.91 Å². The van der Waals surface area contributed by atoms with Crippen molar-refractivity contribution in [2.75, 3.05) is 13.1 Å². The predicted molar refractivity (Wildman–Crippen MR) is 119 cm³/mol. The summed E-state index contributed by atoms with van der Waals surface area (Å²) >= 11 is 0. The highest BCUT2D eigenvalue weighted by Crippen LogP contribution is 2.37. The van der Waals surface area contributed by atoms with Gasteiger partial charge < -0.3 is 15.0 Å². The van der Waals surface area contributed by atoms with Crippen molar-refractivity contribution in [2.45, 2.75) is 32.0 Å². The Labute approximate surface area is 186 Å². The third-order valence-corrected chi connectivity index (χ3v) is 6.21. The third-order valence-electron chi connectivity index (χ3n) is 6.21. The van der Waals surface area contributed by atoms with Gasteiger partial charge in [-0.15, -0.1) is 0 Å². The molecular weight excluding hydrogens is 404 g/mol. The van der Waals surface area contributed by atoms with Crippen LogP contribution >= 0.6 is 0 Å². The SMILES string of the molecule is O=C(O)c1cccc(CNC(=O)c2cn3c(n2)C(c2ccccc2)N(CC2CC2)CC3)c1. The zero-order valence-electron chi connectivity index (χ0n) is 17.8. The molecule has 3 aromatic rings. The van der Waals surface area contributed by atoms with Gasteiger partial charge in [0.2, 0.25) is 0 Å². The minimum atomic E-state index is -0.984. The van der Waals surface area contributed by atoms with Crippen LogP contribution in [0.1, 0.15) is 56.7 Å². The molecule has 1 fully saturated rings. The maximum Gasteiger partial charge on any atom is 0.335 e. The largest absolute Gasteiger partial charge is 0.478 e. The summed E-state index contributed by atoms with van der Waals surface area (Å²) in [6.45, 7) is 3.06. The van der Waals surface area contributed by atoms with E-state index in [4.69, 9.17) is 10.1 Å². The highest BCUT2D eigenvalue weighted by Gasteiger charge is 2.35. The van der Waals surface area contributed by atoms with Crippen molar-refractivity contribution in [3.05, 3.63) is 89.0 Å². The van der Waals surface area contributed by atoms with Crippen molar-refractivity contribution in [2.24, 2.45) is 5.92 Å². The molecule has 0 radical (unpaired) electrons. The Balaban J connectivity index is 1.36. The van der Waals surface area contributed by atoms with Gasteiger partial charge in [-0.05, 0) is 42.0 Å². The molecule has 1 aliphatic carbocycles. The first-order valence-corrected chi connectivity index (χ1v) is 11.0. The van der Waals surface area contributed by atoms with E-state index in [2.05, 4.69) is 26.9 Å². The number of carboxylic acids is 1. The fourth-order valence-corrected chi connectivity index (χ4v) is 4.38. The van der Waals surface area contributed by atoms with E-state index in [0.717, 1.165) is 36.9 Å². The number of aromatic carboxylic acids is 1. The molecule has 32 heavy (non-hydrogen) atoms. The van der Waals surface area contributed by atoms with Crippen LogP contribution in [0, 0.1) is 5.92 Å². The van der Waals surface area contributed by atoms with Crippen molar-refractivity contribution < 1.29 is 14.7 Å². The first-order valence-electron chi connectivity index (χ1n) is 11.0. The molecular formula is C25H26N4O3. The maximum absolute atomic E-state index is 12.9. The number of hydrogen-bond acceptors (Lipinski definition) is 4. The molecule has 7 heteroatoms. The van der Waals surface area contributed by atoms with E-state index in [1.165, 1.54) is 24.5 Å². The molecule has 7 nitrogen and oxygen atoms in total. The second-order valence-corrected chi connectivity index (χ2v) is 8.62. The van der Waals surface area contributed by atoms with Gasteiger partial charge in [-0.2, -0.15) is 0 Å². The average Bonchev–Trinajstić information content (AvgIpc) is 3.52. The Morgan fingerprint density at radius 1 is 1.06 bits per heavy atom. The monoisotopic (exact) mass is 430 g/mol.